The van der Waals surface area contributed by atoms with Crippen molar-refractivity contribution in [1.82, 2.24) is 20.1 Å². The van der Waals surface area contributed by atoms with Crippen LogP contribution in [0.25, 0.3) is 0 Å². The van der Waals surface area contributed by atoms with Gasteiger partial charge in [-0.25, -0.2) is 4.98 Å². The third kappa shape index (κ3) is 3.13. The monoisotopic (exact) mass is 235 g/mol. The van der Waals surface area contributed by atoms with Gasteiger partial charge in [-0.2, -0.15) is 9.97 Å². The van der Waals surface area contributed by atoms with E-state index < -0.39 is 0 Å². The molecular formula is C10H13N5O2. The molecule has 0 saturated heterocycles. The van der Waals surface area contributed by atoms with Crippen LogP contribution in [0.2, 0.25) is 0 Å². The molecule has 2 rings (SSSR count). The van der Waals surface area contributed by atoms with Crippen LogP contribution in [0.5, 0.6) is 5.88 Å². The number of nitrogens with zero attached hydrogens (tertiary/aromatic N) is 4. The summed E-state index contributed by atoms with van der Waals surface area (Å²) in [7, 11) is 0. The van der Waals surface area contributed by atoms with Crippen molar-refractivity contribution < 1.29 is 9.26 Å². The van der Waals surface area contributed by atoms with Gasteiger partial charge in [0, 0.05) is 6.07 Å². The summed E-state index contributed by atoms with van der Waals surface area (Å²) in [6.07, 6.45) is 1.29. The van der Waals surface area contributed by atoms with Crippen molar-refractivity contribution in [3.63, 3.8) is 0 Å². The molecule has 90 valence electrons. The van der Waals surface area contributed by atoms with Gasteiger partial charge in [-0.3, -0.25) is 0 Å². The second-order valence-corrected chi connectivity index (χ2v) is 3.27. The lowest BCUT2D eigenvalue weighted by Crippen LogP contribution is -2.05. The normalized spacial score (nSPS) is 10.2. The van der Waals surface area contributed by atoms with E-state index in [-0.39, 0.29) is 0 Å². The highest BCUT2D eigenvalue weighted by atomic mass is 16.5. The minimum atomic E-state index is 0.443. The molecule has 0 aromatic carbocycles. The van der Waals surface area contributed by atoms with E-state index in [4.69, 9.17) is 4.74 Å². The van der Waals surface area contributed by atoms with Crippen LogP contribution in [0.15, 0.2) is 17.0 Å². The minimum absolute atomic E-state index is 0.443. The fourth-order valence-electron chi connectivity index (χ4n) is 1.29. The summed E-state index contributed by atoms with van der Waals surface area (Å²) in [5, 5.41) is 6.76. The van der Waals surface area contributed by atoms with Crippen LogP contribution < -0.4 is 10.1 Å². The summed E-state index contributed by atoms with van der Waals surface area (Å²) in [5.41, 5.74) is 0. The number of aromatic nitrogens is 4. The molecule has 0 bridgehead atoms. The summed E-state index contributed by atoms with van der Waals surface area (Å²) in [5.74, 6) is 2.44. The van der Waals surface area contributed by atoms with Crippen LogP contribution in [-0.4, -0.2) is 26.7 Å². The molecule has 0 aliphatic carbocycles. The Kier molecular flexibility index (Phi) is 3.49. The third-order valence-electron chi connectivity index (χ3n) is 1.94. The average molecular weight is 235 g/mol. The minimum Gasteiger partial charge on any atom is -0.478 e. The fourth-order valence-corrected chi connectivity index (χ4v) is 1.29. The zero-order valence-corrected chi connectivity index (χ0v) is 9.67. The number of aryl methyl sites for hydroxylation is 1. The Hall–Kier alpha value is -2.18. The quantitative estimate of drug-likeness (QED) is 0.832. The van der Waals surface area contributed by atoms with Gasteiger partial charge >= 0.3 is 0 Å². The molecule has 1 N–H and O–H groups in total. The van der Waals surface area contributed by atoms with Gasteiger partial charge in [0.25, 0.3) is 0 Å². The molecule has 7 heteroatoms. The van der Waals surface area contributed by atoms with Gasteiger partial charge in [0.2, 0.25) is 12.3 Å². The van der Waals surface area contributed by atoms with Crippen molar-refractivity contribution in [3.05, 3.63) is 24.1 Å². The van der Waals surface area contributed by atoms with E-state index in [1.54, 1.807) is 6.07 Å². The zero-order valence-electron chi connectivity index (χ0n) is 9.67. The molecule has 7 nitrogen and oxygen atoms in total. The Bertz CT molecular complexity index is 472. The molecule has 17 heavy (non-hydrogen) atoms. The molecule has 0 unspecified atom stereocenters. The molecule has 0 atom stereocenters. The van der Waals surface area contributed by atoms with Gasteiger partial charge in [0.05, 0.1) is 13.2 Å². The molecule has 2 heterocycles. The van der Waals surface area contributed by atoms with Gasteiger partial charge in [-0.1, -0.05) is 5.16 Å². The SMILES string of the molecule is CCOc1cc(NCc2ncon2)nc(C)n1. The maximum Gasteiger partial charge on any atom is 0.218 e. The average Bonchev–Trinajstić information content (AvgIpc) is 2.79. The van der Waals surface area contributed by atoms with E-state index >= 15 is 0 Å². The number of ether oxygens (including phenoxy) is 1. The van der Waals surface area contributed by atoms with E-state index in [1.807, 2.05) is 13.8 Å². The third-order valence-corrected chi connectivity index (χ3v) is 1.94. The van der Waals surface area contributed by atoms with Crippen molar-refractivity contribution in [1.29, 1.82) is 0 Å². The smallest absolute Gasteiger partial charge is 0.218 e. The Balaban J connectivity index is 2.04. The van der Waals surface area contributed by atoms with Gasteiger partial charge in [0.15, 0.2) is 5.82 Å². The predicted octanol–water partition coefficient (Wildman–Crippen LogP) is 1.18. The largest absolute Gasteiger partial charge is 0.478 e. The molecule has 2 aromatic heterocycles. The maximum atomic E-state index is 5.32. The number of hydrogen-bond acceptors (Lipinski definition) is 7. The second kappa shape index (κ2) is 5.24. The van der Waals surface area contributed by atoms with Crippen molar-refractivity contribution in [2.24, 2.45) is 0 Å². The Morgan fingerprint density at radius 3 is 3.00 bits per heavy atom. The van der Waals surface area contributed by atoms with Crippen LogP contribution in [0.4, 0.5) is 5.82 Å². The predicted molar refractivity (Wildman–Crippen MR) is 59.6 cm³/mol. The second-order valence-electron chi connectivity index (χ2n) is 3.27. The van der Waals surface area contributed by atoms with Crippen molar-refractivity contribution in [2.75, 3.05) is 11.9 Å². The van der Waals surface area contributed by atoms with Crippen LogP contribution in [-0.2, 0) is 6.54 Å². The van der Waals surface area contributed by atoms with Gasteiger partial charge in [-0.15, -0.1) is 0 Å². The molecule has 0 radical (unpaired) electrons. The Morgan fingerprint density at radius 2 is 2.29 bits per heavy atom. The van der Waals surface area contributed by atoms with E-state index in [0.29, 0.717) is 36.5 Å². The summed E-state index contributed by atoms with van der Waals surface area (Å²) >= 11 is 0. The molecular weight excluding hydrogens is 222 g/mol. The van der Waals surface area contributed by atoms with Crippen LogP contribution in [0, 0.1) is 6.92 Å². The highest BCUT2D eigenvalue weighted by Gasteiger charge is 2.03. The summed E-state index contributed by atoms with van der Waals surface area (Å²) in [4.78, 5) is 12.3. The number of hydrogen-bond donors (Lipinski definition) is 1. The highest BCUT2D eigenvalue weighted by Crippen LogP contribution is 2.13. The first-order chi connectivity index (χ1) is 8.28. The topological polar surface area (TPSA) is 86.0 Å². The molecule has 0 fully saturated rings. The first kappa shape index (κ1) is 11.3. The molecule has 2 aromatic rings. The van der Waals surface area contributed by atoms with Gasteiger partial charge in [0.1, 0.15) is 11.6 Å². The van der Waals surface area contributed by atoms with Crippen molar-refractivity contribution in [2.45, 2.75) is 20.4 Å². The lowest BCUT2D eigenvalue weighted by molar-refractivity contribution is 0.325. The van der Waals surface area contributed by atoms with Gasteiger partial charge in [-0.05, 0) is 13.8 Å². The summed E-state index contributed by atoms with van der Waals surface area (Å²) < 4.78 is 9.95. The highest BCUT2D eigenvalue weighted by molar-refractivity contribution is 5.38. The molecule has 0 aliphatic heterocycles. The zero-order chi connectivity index (χ0) is 12.1. The summed E-state index contributed by atoms with van der Waals surface area (Å²) in [6.45, 7) is 4.73. The van der Waals surface area contributed by atoms with Crippen LogP contribution in [0.3, 0.4) is 0 Å². The van der Waals surface area contributed by atoms with E-state index in [1.165, 1.54) is 6.39 Å². The Labute approximate surface area is 98.2 Å². The molecule has 0 aliphatic rings. The molecule has 0 amide bonds. The van der Waals surface area contributed by atoms with E-state index in [9.17, 15) is 0 Å². The van der Waals surface area contributed by atoms with Gasteiger partial charge < -0.3 is 14.6 Å². The number of rotatable bonds is 5. The first-order valence-electron chi connectivity index (χ1n) is 5.25. The standard InChI is InChI=1S/C10H13N5O2/c1-3-16-10-4-8(13-7(2)14-10)11-5-9-12-6-17-15-9/h4,6H,3,5H2,1-2H3,(H,11,13,14). The molecule has 0 spiro atoms. The Morgan fingerprint density at radius 1 is 1.41 bits per heavy atom. The van der Waals surface area contributed by atoms with Crippen LogP contribution in [0.1, 0.15) is 18.6 Å². The fraction of sp³-hybridized carbons (Fsp3) is 0.400. The molecule has 0 saturated carbocycles. The maximum absolute atomic E-state index is 5.32. The van der Waals surface area contributed by atoms with Crippen LogP contribution >= 0.6 is 0 Å². The first-order valence-corrected chi connectivity index (χ1v) is 5.25. The van der Waals surface area contributed by atoms with Crippen molar-refractivity contribution >= 4 is 5.82 Å². The van der Waals surface area contributed by atoms with E-state index in [2.05, 4.69) is 29.9 Å². The lowest BCUT2D eigenvalue weighted by atomic mass is 10.5. The lowest BCUT2D eigenvalue weighted by Gasteiger charge is -2.07. The van der Waals surface area contributed by atoms with E-state index in [0.717, 1.165) is 0 Å². The number of anilines is 1. The van der Waals surface area contributed by atoms with Crippen molar-refractivity contribution in [3.8, 4) is 5.88 Å². The number of nitrogens with one attached hydrogen (secondary N) is 1. The summed E-state index contributed by atoms with van der Waals surface area (Å²) in [6, 6.07) is 1.73.